The number of hydrogen-bond acceptors (Lipinski definition) is 5. The summed E-state index contributed by atoms with van der Waals surface area (Å²) in [6.45, 7) is 2.06. The molecule has 150 valence electrons. The maximum Gasteiger partial charge on any atom is 0.269 e. The Morgan fingerprint density at radius 3 is 2.14 bits per heavy atom. The van der Waals surface area contributed by atoms with E-state index in [9.17, 15) is 10.1 Å². The molecule has 29 heavy (non-hydrogen) atoms. The van der Waals surface area contributed by atoms with Crippen molar-refractivity contribution in [3.8, 4) is 11.5 Å². The summed E-state index contributed by atoms with van der Waals surface area (Å²) in [6.07, 6.45) is 0. The van der Waals surface area contributed by atoms with E-state index in [0.717, 1.165) is 28.2 Å². The standard InChI is InChI=1S/C23H24N2O4/c1-16(18-6-5-9-22(15-18)29-3)24-23(17-10-12-21(28-2)13-11-17)19-7-4-8-20(14-19)25(26)27/h4-16,23-24H,1-3H3. The Bertz CT molecular complexity index is 973. The minimum absolute atomic E-state index is 0.0172. The molecule has 0 bridgehead atoms. The Kier molecular flexibility index (Phi) is 6.46. The van der Waals surface area contributed by atoms with Gasteiger partial charge < -0.3 is 9.47 Å². The Morgan fingerprint density at radius 1 is 0.828 bits per heavy atom. The molecule has 3 rings (SSSR count). The maximum absolute atomic E-state index is 11.3. The molecule has 1 N–H and O–H groups in total. The minimum atomic E-state index is -0.375. The van der Waals surface area contributed by atoms with E-state index in [1.54, 1.807) is 26.4 Å². The van der Waals surface area contributed by atoms with E-state index < -0.39 is 0 Å². The van der Waals surface area contributed by atoms with E-state index in [1.165, 1.54) is 6.07 Å². The molecule has 0 heterocycles. The van der Waals surface area contributed by atoms with Gasteiger partial charge in [0.15, 0.2) is 0 Å². The molecule has 0 saturated carbocycles. The second-order valence-electron chi connectivity index (χ2n) is 6.72. The zero-order chi connectivity index (χ0) is 20.8. The molecule has 0 aliphatic heterocycles. The van der Waals surface area contributed by atoms with Gasteiger partial charge in [0.05, 0.1) is 25.2 Å². The van der Waals surface area contributed by atoms with Crippen LogP contribution >= 0.6 is 0 Å². The smallest absolute Gasteiger partial charge is 0.269 e. The second kappa shape index (κ2) is 9.21. The summed E-state index contributed by atoms with van der Waals surface area (Å²) in [7, 11) is 3.26. The summed E-state index contributed by atoms with van der Waals surface area (Å²) in [5.74, 6) is 1.54. The molecule has 0 spiro atoms. The SMILES string of the molecule is COc1ccc(C(NC(C)c2cccc(OC)c2)c2cccc([N+](=O)[O-])c2)cc1. The maximum atomic E-state index is 11.3. The zero-order valence-corrected chi connectivity index (χ0v) is 16.7. The average Bonchev–Trinajstić information content (AvgIpc) is 2.77. The number of rotatable bonds is 8. The molecular weight excluding hydrogens is 368 g/mol. The van der Waals surface area contributed by atoms with Crippen LogP contribution in [-0.2, 0) is 0 Å². The third-order valence-corrected chi connectivity index (χ3v) is 4.87. The molecule has 0 aliphatic carbocycles. The van der Waals surface area contributed by atoms with Gasteiger partial charge in [0, 0.05) is 18.2 Å². The van der Waals surface area contributed by atoms with Crippen LogP contribution in [0.3, 0.4) is 0 Å². The Morgan fingerprint density at radius 2 is 1.48 bits per heavy atom. The first-order chi connectivity index (χ1) is 14.0. The summed E-state index contributed by atoms with van der Waals surface area (Å²) < 4.78 is 10.6. The molecule has 0 radical (unpaired) electrons. The Hall–Kier alpha value is -3.38. The average molecular weight is 392 g/mol. The number of methoxy groups -OCH3 is 2. The highest BCUT2D eigenvalue weighted by Crippen LogP contribution is 2.30. The van der Waals surface area contributed by atoms with Gasteiger partial charge in [-0.15, -0.1) is 0 Å². The van der Waals surface area contributed by atoms with Crippen LogP contribution < -0.4 is 14.8 Å². The van der Waals surface area contributed by atoms with Crippen LogP contribution in [0, 0.1) is 10.1 Å². The van der Waals surface area contributed by atoms with Gasteiger partial charge in [-0.05, 0) is 47.9 Å². The van der Waals surface area contributed by atoms with Gasteiger partial charge in [-0.2, -0.15) is 0 Å². The highest BCUT2D eigenvalue weighted by molar-refractivity contribution is 5.42. The van der Waals surface area contributed by atoms with Crippen LogP contribution in [0.4, 0.5) is 5.69 Å². The molecule has 2 unspecified atom stereocenters. The molecule has 3 aromatic carbocycles. The molecule has 0 saturated heterocycles. The molecule has 0 aliphatic rings. The quantitative estimate of drug-likeness (QED) is 0.429. The van der Waals surface area contributed by atoms with Gasteiger partial charge >= 0.3 is 0 Å². The van der Waals surface area contributed by atoms with E-state index in [-0.39, 0.29) is 22.7 Å². The van der Waals surface area contributed by atoms with E-state index in [0.29, 0.717) is 0 Å². The lowest BCUT2D eigenvalue weighted by Gasteiger charge is -2.25. The van der Waals surface area contributed by atoms with E-state index in [4.69, 9.17) is 9.47 Å². The predicted octanol–water partition coefficient (Wildman–Crippen LogP) is 5.05. The van der Waals surface area contributed by atoms with E-state index in [1.807, 2.05) is 54.6 Å². The molecule has 6 heteroatoms. The number of hydrogen-bond donors (Lipinski definition) is 1. The van der Waals surface area contributed by atoms with Crippen LogP contribution in [0.2, 0.25) is 0 Å². The summed E-state index contributed by atoms with van der Waals surface area (Å²) in [4.78, 5) is 10.9. The fourth-order valence-corrected chi connectivity index (χ4v) is 3.26. The molecule has 0 fully saturated rings. The van der Waals surface area contributed by atoms with Gasteiger partial charge in [-0.3, -0.25) is 15.4 Å². The number of nitro groups is 1. The van der Waals surface area contributed by atoms with Crippen molar-refractivity contribution in [2.75, 3.05) is 14.2 Å². The first-order valence-electron chi connectivity index (χ1n) is 9.30. The van der Waals surface area contributed by atoms with Crippen LogP contribution in [-0.4, -0.2) is 19.1 Å². The van der Waals surface area contributed by atoms with Crippen molar-refractivity contribution in [2.24, 2.45) is 0 Å². The monoisotopic (exact) mass is 392 g/mol. The summed E-state index contributed by atoms with van der Waals surface area (Å²) in [6, 6.07) is 22.0. The van der Waals surface area contributed by atoms with Crippen molar-refractivity contribution >= 4 is 5.69 Å². The molecule has 3 aromatic rings. The third-order valence-electron chi connectivity index (χ3n) is 4.87. The first kappa shape index (κ1) is 20.4. The normalized spacial score (nSPS) is 12.8. The van der Waals surface area contributed by atoms with Crippen molar-refractivity contribution < 1.29 is 14.4 Å². The Balaban J connectivity index is 1.97. The van der Waals surface area contributed by atoms with Crippen molar-refractivity contribution in [3.05, 3.63) is 99.6 Å². The van der Waals surface area contributed by atoms with Gasteiger partial charge in [0.25, 0.3) is 5.69 Å². The first-order valence-corrected chi connectivity index (χ1v) is 9.30. The number of nitrogens with zero attached hydrogens (tertiary/aromatic N) is 1. The molecule has 0 aromatic heterocycles. The lowest BCUT2D eigenvalue weighted by molar-refractivity contribution is -0.384. The molecule has 2 atom stereocenters. The molecule has 0 amide bonds. The van der Waals surface area contributed by atoms with Crippen LogP contribution in [0.5, 0.6) is 11.5 Å². The minimum Gasteiger partial charge on any atom is -0.497 e. The van der Waals surface area contributed by atoms with Gasteiger partial charge in [-0.25, -0.2) is 0 Å². The number of nitrogens with one attached hydrogen (secondary N) is 1. The highest BCUT2D eigenvalue weighted by Gasteiger charge is 2.20. The Labute approximate surface area is 170 Å². The van der Waals surface area contributed by atoms with Gasteiger partial charge in [0.1, 0.15) is 11.5 Å². The lowest BCUT2D eigenvalue weighted by atomic mass is 9.96. The van der Waals surface area contributed by atoms with Crippen molar-refractivity contribution in [1.82, 2.24) is 5.32 Å². The lowest BCUT2D eigenvalue weighted by Crippen LogP contribution is -2.25. The zero-order valence-electron chi connectivity index (χ0n) is 16.7. The molecule has 6 nitrogen and oxygen atoms in total. The molecular formula is C23H24N2O4. The van der Waals surface area contributed by atoms with E-state index in [2.05, 4.69) is 12.2 Å². The van der Waals surface area contributed by atoms with Gasteiger partial charge in [0.2, 0.25) is 0 Å². The second-order valence-corrected chi connectivity index (χ2v) is 6.72. The summed E-state index contributed by atoms with van der Waals surface area (Å²) >= 11 is 0. The number of benzene rings is 3. The number of ether oxygens (including phenoxy) is 2. The predicted molar refractivity (Wildman–Crippen MR) is 112 cm³/mol. The van der Waals surface area contributed by atoms with E-state index >= 15 is 0 Å². The number of nitro benzene ring substituents is 1. The van der Waals surface area contributed by atoms with Crippen LogP contribution in [0.25, 0.3) is 0 Å². The fourth-order valence-electron chi connectivity index (χ4n) is 3.26. The summed E-state index contributed by atoms with van der Waals surface area (Å²) in [5.41, 5.74) is 2.94. The number of non-ortho nitro benzene ring substituents is 1. The van der Waals surface area contributed by atoms with Crippen molar-refractivity contribution in [1.29, 1.82) is 0 Å². The largest absolute Gasteiger partial charge is 0.497 e. The third kappa shape index (κ3) is 4.92. The van der Waals surface area contributed by atoms with Crippen molar-refractivity contribution in [2.45, 2.75) is 19.0 Å². The van der Waals surface area contributed by atoms with Crippen molar-refractivity contribution in [3.63, 3.8) is 0 Å². The van der Waals surface area contributed by atoms with Gasteiger partial charge in [-0.1, -0.05) is 36.4 Å². The van der Waals surface area contributed by atoms with Crippen LogP contribution in [0.15, 0.2) is 72.8 Å². The summed E-state index contributed by atoms with van der Waals surface area (Å²) in [5, 5.41) is 14.9. The van der Waals surface area contributed by atoms with Crippen LogP contribution in [0.1, 0.15) is 35.7 Å². The topological polar surface area (TPSA) is 73.6 Å². The fraction of sp³-hybridized carbons (Fsp3) is 0.217. The highest BCUT2D eigenvalue weighted by atomic mass is 16.6.